The third-order valence-electron chi connectivity index (χ3n) is 1.84. The third-order valence-corrected chi connectivity index (χ3v) is 1.84. The van der Waals surface area contributed by atoms with Crippen LogP contribution in [0.4, 0.5) is 13.2 Å². The van der Waals surface area contributed by atoms with Gasteiger partial charge in [-0.25, -0.2) is 5.48 Å². The summed E-state index contributed by atoms with van der Waals surface area (Å²) in [6, 6.07) is 1.43. The summed E-state index contributed by atoms with van der Waals surface area (Å²) in [7, 11) is 0. The van der Waals surface area contributed by atoms with Crippen LogP contribution in [-0.4, -0.2) is 31.1 Å². The van der Waals surface area contributed by atoms with Gasteiger partial charge >= 0.3 is 6.18 Å². The Balaban J connectivity index is 2.12. The topological polar surface area (TPSA) is 80.6 Å². The minimum absolute atomic E-state index is 0.0365. The Morgan fingerprint density at radius 2 is 2.11 bits per heavy atom. The van der Waals surface area contributed by atoms with Crippen LogP contribution in [-0.2, 0) is 9.63 Å². The van der Waals surface area contributed by atoms with Gasteiger partial charge in [0.25, 0.3) is 5.91 Å². The summed E-state index contributed by atoms with van der Waals surface area (Å²) < 4.78 is 39.7. The van der Waals surface area contributed by atoms with E-state index in [-0.39, 0.29) is 18.5 Å². The molecule has 106 valence electrons. The highest BCUT2D eigenvalue weighted by atomic mass is 19.4. The quantitative estimate of drug-likeness (QED) is 0.762. The Kier molecular flexibility index (Phi) is 5.37. The lowest BCUT2D eigenvalue weighted by molar-refractivity contribution is -0.191. The first-order valence-corrected chi connectivity index (χ1v) is 5.16. The summed E-state index contributed by atoms with van der Waals surface area (Å²) in [4.78, 5) is 26.3. The molecule has 0 aromatic carbocycles. The molecule has 0 atom stereocenters. The molecule has 0 unspecified atom stereocenters. The molecule has 0 fully saturated rings. The zero-order valence-corrected chi connectivity index (χ0v) is 9.62. The van der Waals surface area contributed by atoms with Gasteiger partial charge in [-0.2, -0.15) is 13.2 Å². The number of hydrogen-bond donors (Lipinski definition) is 2. The van der Waals surface area contributed by atoms with E-state index in [1.54, 1.807) is 5.48 Å². The van der Waals surface area contributed by atoms with Gasteiger partial charge in [0.15, 0.2) is 6.61 Å². The van der Waals surface area contributed by atoms with Crippen LogP contribution in [0.5, 0.6) is 0 Å². The van der Waals surface area contributed by atoms with Crippen LogP contribution >= 0.6 is 0 Å². The van der Waals surface area contributed by atoms with Crippen LogP contribution in [0.3, 0.4) is 0 Å². The average molecular weight is 280 g/mol. The van der Waals surface area contributed by atoms with Gasteiger partial charge in [-0.05, 0) is 6.07 Å². The van der Waals surface area contributed by atoms with Crippen molar-refractivity contribution in [1.82, 2.24) is 10.8 Å². The molecular formula is C10H11F3N2O4. The van der Waals surface area contributed by atoms with E-state index in [2.05, 4.69) is 14.6 Å². The first-order valence-electron chi connectivity index (χ1n) is 5.16. The summed E-state index contributed by atoms with van der Waals surface area (Å²) in [5.74, 6) is -1.21. The van der Waals surface area contributed by atoms with Crippen LogP contribution < -0.4 is 10.8 Å². The molecule has 6 nitrogen and oxygen atoms in total. The summed E-state index contributed by atoms with van der Waals surface area (Å²) >= 11 is 0. The molecule has 2 amide bonds. The fraction of sp³-hybridized carbons (Fsp3) is 0.400. The SMILES string of the molecule is O=C(CCNC(=O)c1ccoc1)NOCC(F)(F)F. The van der Waals surface area contributed by atoms with Gasteiger partial charge in [0.2, 0.25) is 5.91 Å². The zero-order valence-electron chi connectivity index (χ0n) is 9.62. The lowest BCUT2D eigenvalue weighted by Gasteiger charge is -2.08. The Hall–Kier alpha value is -2.03. The van der Waals surface area contributed by atoms with Gasteiger partial charge in [-0.1, -0.05) is 0 Å². The van der Waals surface area contributed by atoms with E-state index < -0.39 is 24.6 Å². The first kappa shape index (κ1) is 15.0. The molecule has 0 spiro atoms. The maximum absolute atomic E-state index is 11.7. The highest BCUT2D eigenvalue weighted by Crippen LogP contribution is 2.13. The fourth-order valence-corrected chi connectivity index (χ4v) is 1.03. The Morgan fingerprint density at radius 3 is 2.68 bits per heavy atom. The normalized spacial score (nSPS) is 11.1. The summed E-state index contributed by atoms with van der Waals surface area (Å²) in [6.07, 6.45) is -2.18. The number of alkyl halides is 3. The molecule has 1 rings (SSSR count). The molecule has 0 aliphatic rings. The Morgan fingerprint density at radius 1 is 1.37 bits per heavy atom. The largest absolute Gasteiger partial charge is 0.472 e. The average Bonchev–Trinajstić information content (AvgIpc) is 2.80. The van der Waals surface area contributed by atoms with Gasteiger partial charge in [-0.15, -0.1) is 0 Å². The smallest absolute Gasteiger partial charge is 0.414 e. The number of carbonyl (C=O) groups excluding carboxylic acids is 2. The number of furan rings is 1. The molecule has 1 heterocycles. The van der Waals surface area contributed by atoms with Crippen molar-refractivity contribution in [3.05, 3.63) is 24.2 Å². The maximum atomic E-state index is 11.7. The molecule has 19 heavy (non-hydrogen) atoms. The van der Waals surface area contributed by atoms with E-state index in [0.717, 1.165) is 0 Å². The monoisotopic (exact) mass is 280 g/mol. The molecule has 0 bridgehead atoms. The zero-order chi connectivity index (χ0) is 14.3. The number of hydrogen-bond acceptors (Lipinski definition) is 4. The van der Waals surface area contributed by atoms with Crippen LogP contribution in [0.15, 0.2) is 23.0 Å². The molecule has 0 saturated carbocycles. The molecule has 0 aliphatic heterocycles. The van der Waals surface area contributed by atoms with E-state index in [1.807, 2.05) is 0 Å². The molecule has 0 aliphatic carbocycles. The lowest BCUT2D eigenvalue weighted by Crippen LogP contribution is -2.33. The van der Waals surface area contributed by atoms with E-state index in [4.69, 9.17) is 0 Å². The van der Waals surface area contributed by atoms with Crippen LogP contribution in [0.1, 0.15) is 16.8 Å². The highest BCUT2D eigenvalue weighted by molar-refractivity contribution is 5.93. The molecule has 2 N–H and O–H groups in total. The third kappa shape index (κ3) is 6.46. The molecule has 1 aromatic rings. The Bertz CT molecular complexity index is 417. The number of halogens is 3. The van der Waals surface area contributed by atoms with E-state index in [9.17, 15) is 22.8 Å². The molecule has 0 saturated heterocycles. The van der Waals surface area contributed by atoms with Gasteiger partial charge in [0, 0.05) is 13.0 Å². The van der Waals surface area contributed by atoms with E-state index in [0.29, 0.717) is 0 Å². The lowest BCUT2D eigenvalue weighted by atomic mass is 10.3. The van der Waals surface area contributed by atoms with Crippen molar-refractivity contribution in [2.75, 3.05) is 13.2 Å². The van der Waals surface area contributed by atoms with Crippen molar-refractivity contribution < 1.29 is 32.0 Å². The standard InChI is InChI=1S/C10H11F3N2O4/c11-10(12,13)6-19-15-8(16)1-3-14-9(17)7-2-4-18-5-7/h2,4-5H,1,3,6H2,(H,14,17)(H,15,16). The molecular weight excluding hydrogens is 269 g/mol. The minimum Gasteiger partial charge on any atom is -0.472 e. The van der Waals surface area contributed by atoms with Crippen LogP contribution in [0.25, 0.3) is 0 Å². The molecule has 1 aromatic heterocycles. The van der Waals surface area contributed by atoms with Crippen LogP contribution in [0, 0.1) is 0 Å². The van der Waals surface area contributed by atoms with Gasteiger partial charge < -0.3 is 9.73 Å². The van der Waals surface area contributed by atoms with Crippen molar-refractivity contribution in [3.8, 4) is 0 Å². The second kappa shape index (κ2) is 6.78. The second-order valence-corrected chi connectivity index (χ2v) is 3.45. The minimum atomic E-state index is -4.51. The summed E-state index contributed by atoms with van der Waals surface area (Å²) in [5, 5.41) is 2.39. The number of rotatable bonds is 6. The van der Waals surface area contributed by atoms with Crippen molar-refractivity contribution in [2.45, 2.75) is 12.6 Å². The van der Waals surface area contributed by atoms with Gasteiger partial charge in [-0.3, -0.25) is 14.4 Å². The number of nitrogens with one attached hydrogen (secondary N) is 2. The molecule has 9 heteroatoms. The van der Waals surface area contributed by atoms with Crippen molar-refractivity contribution >= 4 is 11.8 Å². The van der Waals surface area contributed by atoms with E-state index >= 15 is 0 Å². The number of amides is 2. The van der Waals surface area contributed by atoms with Gasteiger partial charge in [0.1, 0.15) is 6.26 Å². The van der Waals surface area contributed by atoms with Crippen molar-refractivity contribution in [2.24, 2.45) is 0 Å². The van der Waals surface area contributed by atoms with Crippen molar-refractivity contribution in [1.29, 1.82) is 0 Å². The molecule has 0 radical (unpaired) electrons. The van der Waals surface area contributed by atoms with Crippen LogP contribution in [0.2, 0.25) is 0 Å². The Labute approximate surface area is 105 Å². The maximum Gasteiger partial charge on any atom is 0.414 e. The number of hydroxylamine groups is 1. The summed E-state index contributed by atoms with van der Waals surface area (Å²) in [6.45, 7) is -1.61. The predicted molar refractivity (Wildman–Crippen MR) is 55.8 cm³/mol. The fourth-order valence-electron chi connectivity index (χ4n) is 1.03. The van der Waals surface area contributed by atoms with Crippen molar-refractivity contribution in [3.63, 3.8) is 0 Å². The van der Waals surface area contributed by atoms with E-state index in [1.165, 1.54) is 18.6 Å². The highest BCUT2D eigenvalue weighted by Gasteiger charge is 2.28. The first-order chi connectivity index (χ1) is 8.88. The summed E-state index contributed by atoms with van der Waals surface area (Å²) in [5.41, 5.74) is 1.90. The predicted octanol–water partition coefficient (Wildman–Crippen LogP) is 1.01. The van der Waals surface area contributed by atoms with Gasteiger partial charge in [0.05, 0.1) is 11.8 Å². The second-order valence-electron chi connectivity index (χ2n) is 3.45. The number of carbonyl (C=O) groups is 2.